The Kier molecular flexibility index (Phi) is 6.27. The number of carbonyl (C=O) groups excluding carboxylic acids is 1. The Morgan fingerprint density at radius 1 is 1.44 bits per heavy atom. The minimum absolute atomic E-state index is 0.0741. The number of halogens is 1. The third-order valence-electron chi connectivity index (χ3n) is 4.33. The molecular weight excluding hydrogens is 323 g/mol. The summed E-state index contributed by atoms with van der Waals surface area (Å²) < 4.78 is 24.0. The zero-order chi connectivity index (χ0) is 18.6. The molecule has 1 N–H and O–H groups in total. The quantitative estimate of drug-likeness (QED) is 0.877. The molecule has 0 aromatic heterocycles. The van der Waals surface area contributed by atoms with Crippen LogP contribution < -0.4 is 10.1 Å². The summed E-state index contributed by atoms with van der Waals surface area (Å²) in [6, 6.07) is 4.97. The molecule has 1 heterocycles. The van der Waals surface area contributed by atoms with Crippen molar-refractivity contribution in [2.24, 2.45) is 5.92 Å². The van der Waals surface area contributed by atoms with Crippen molar-refractivity contribution in [1.29, 1.82) is 0 Å². The molecule has 0 bridgehead atoms. The van der Waals surface area contributed by atoms with Gasteiger partial charge < -0.3 is 19.7 Å². The summed E-state index contributed by atoms with van der Waals surface area (Å²) in [5.74, 6) is 0.280. The van der Waals surface area contributed by atoms with Gasteiger partial charge in [0.2, 0.25) is 0 Å². The van der Waals surface area contributed by atoms with Crippen LogP contribution in [-0.4, -0.2) is 43.3 Å². The fourth-order valence-corrected chi connectivity index (χ4v) is 2.90. The number of hydrogen-bond donors (Lipinski definition) is 1. The molecular formula is C19H29FN2O3. The molecule has 1 saturated heterocycles. The van der Waals surface area contributed by atoms with E-state index in [2.05, 4.69) is 5.32 Å². The molecule has 6 heteroatoms. The SMILES string of the molecule is COc1cc(C(C)NCC2CCN(C(=O)OC(C)(C)C)C2)ccc1F. The number of likely N-dealkylation sites (tertiary alicyclic amines) is 1. The molecule has 140 valence electrons. The van der Waals surface area contributed by atoms with Crippen LogP contribution in [0.1, 0.15) is 45.7 Å². The number of carbonyl (C=O) groups is 1. The second kappa shape index (κ2) is 8.04. The molecule has 2 atom stereocenters. The predicted octanol–water partition coefficient (Wildman–Crippen LogP) is 3.74. The zero-order valence-corrected chi connectivity index (χ0v) is 15.8. The number of hydrogen-bond acceptors (Lipinski definition) is 4. The van der Waals surface area contributed by atoms with E-state index < -0.39 is 5.60 Å². The topological polar surface area (TPSA) is 50.8 Å². The average molecular weight is 352 g/mol. The first-order valence-electron chi connectivity index (χ1n) is 8.74. The Labute approximate surface area is 149 Å². The lowest BCUT2D eigenvalue weighted by molar-refractivity contribution is 0.0288. The molecule has 1 aliphatic rings. The number of benzene rings is 1. The van der Waals surface area contributed by atoms with E-state index in [0.29, 0.717) is 12.5 Å². The van der Waals surface area contributed by atoms with Crippen molar-refractivity contribution >= 4 is 6.09 Å². The summed E-state index contributed by atoms with van der Waals surface area (Å²) in [7, 11) is 1.46. The van der Waals surface area contributed by atoms with Gasteiger partial charge in [-0.2, -0.15) is 0 Å². The van der Waals surface area contributed by atoms with Gasteiger partial charge in [-0.15, -0.1) is 0 Å². The van der Waals surface area contributed by atoms with Crippen molar-refractivity contribution in [1.82, 2.24) is 10.2 Å². The van der Waals surface area contributed by atoms with E-state index >= 15 is 0 Å². The molecule has 0 aliphatic carbocycles. The monoisotopic (exact) mass is 352 g/mol. The molecule has 1 aromatic carbocycles. The van der Waals surface area contributed by atoms with Crippen LogP contribution in [0.25, 0.3) is 0 Å². The molecule has 1 fully saturated rings. The lowest BCUT2D eigenvalue weighted by atomic mass is 10.1. The Balaban J connectivity index is 1.83. The van der Waals surface area contributed by atoms with Gasteiger partial charge >= 0.3 is 6.09 Å². The van der Waals surface area contributed by atoms with Gasteiger partial charge in [0.15, 0.2) is 11.6 Å². The standard InChI is InChI=1S/C19H29FN2O3/c1-13(15-6-7-16(20)17(10-15)24-5)21-11-14-8-9-22(12-14)18(23)25-19(2,3)4/h6-7,10,13-14,21H,8-9,11-12H2,1-5H3. The normalized spacial score (nSPS) is 19.0. The Morgan fingerprint density at radius 2 is 2.16 bits per heavy atom. The molecule has 0 saturated carbocycles. The van der Waals surface area contributed by atoms with Crippen LogP contribution in [0.4, 0.5) is 9.18 Å². The van der Waals surface area contributed by atoms with E-state index in [1.807, 2.05) is 27.7 Å². The second-order valence-corrected chi connectivity index (χ2v) is 7.60. The fraction of sp³-hybridized carbons (Fsp3) is 0.632. The van der Waals surface area contributed by atoms with Crippen LogP contribution in [0.5, 0.6) is 5.75 Å². The first-order valence-corrected chi connectivity index (χ1v) is 8.74. The van der Waals surface area contributed by atoms with Crippen molar-refractivity contribution < 1.29 is 18.7 Å². The third-order valence-corrected chi connectivity index (χ3v) is 4.33. The third kappa shape index (κ3) is 5.59. The van der Waals surface area contributed by atoms with Gasteiger partial charge in [0.05, 0.1) is 7.11 Å². The molecule has 25 heavy (non-hydrogen) atoms. The predicted molar refractivity (Wildman–Crippen MR) is 95.3 cm³/mol. The van der Waals surface area contributed by atoms with Crippen LogP contribution >= 0.6 is 0 Å². The van der Waals surface area contributed by atoms with Gasteiger partial charge in [-0.1, -0.05) is 6.07 Å². The maximum Gasteiger partial charge on any atom is 0.410 e. The van der Waals surface area contributed by atoms with E-state index in [4.69, 9.17) is 9.47 Å². The van der Waals surface area contributed by atoms with Crippen LogP contribution in [-0.2, 0) is 4.74 Å². The highest BCUT2D eigenvalue weighted by Gasteiger charge is 2.29. The van der Waals surface area contributed by atoms with Crippen LogP contribution in [0.15, 0.2) is 18.2 Å². The number of nitrogens with zero attached hydrogens (tertiary/aromatic N) is 1. The summed E-state index contributed by atoms with van der Waals surface area (Å²) in [6.07, 6.45) is 0.706. The fourth-order valence-electron chi connectivity index (χ4n) is 2.90. The molecule has 0 radical (unpaired) electrons. The largest absolute Gasteiger partial charge is 0.494 e. The molecule has 1 aliphatic heterocycles. The lowest BCUT2D eigenvalue weighted by Gasteiger charge is -2.24. The average Bonchev–Trinajstić information content (AvgIpc) is 3.00. The van der Waals surface area contributed by atoms with E-state index in [9.17, 15) is 9.18 Å². The van der Waals surface area contributed by atoms with Crippen molar-refractivity contribution in [3.05, 3.63) is 29.6 Å². The number of rotatable bonds is 5. The second-order valence-electron chi connectivity index (χ2n) is 7.60. The van der Waals surface area contributed by atoms with E-state index in [0.717, 1.165) is 25.1 Å². The first kappa shape index (κ1) is 19.5. The molecule has 5 nitrogen and oxygen atoms in total. The maximum absolute atomic E-state index is 13.5. The molecule has 1 amide bonds. The van der Waals surface area contributed by atoms with Crippen LogP contribution in [0, 0.1) is 11.7 Å². The van der Waals surface area contributed by atoms with Crippen molar-refractivity contribution in [2.45, 2.75) is 45.8 Å². The van der Waals surface area contributed by atoms with Crippen molar-refractivity contribution in [3.63, 3.8) is 0 Å². The van der Waals surface area contributed by atoms with E-state index in [1.54, 1.807) is 17.0 Å². The number of amides is 1. The molecule has 2 unspecified atom stereocenters. The molecule has 0 spiro atoms. The Morgan fingerprint density at radius 3 is 2.80 bits per heavy atom. The van der Waals surface area contributed by atoms with Crippen molar-refractivity contribution in [2.75, 3.05) is 26.7 Å². The van der Waals surface area contributed by atoms with Gasteiger partial charge in [0.25, 0.3) is 0 Å². The lowest BCUT2D eigenvalue weighted by Crippen LogP contribution is -2.36. The highest BCUT2D eigenvalue weighted by molar-refractivity contribution is 5.68. The first-order chi connectivity index (χ1) is 11.7. The Bertz CT molecular complexity index is 601. The van der Waals surface area contributed by atoms with Gasteiger partial charge in [-0.05, 0) is 57.7 Å². The summed E-state index contributed by atoms with van der Waals surface area (Å²) >= 11 is 0. The highest BCUT2D eigenvalue weighted by Crippen LogP contribution is 2.24. The Hall–Kier alpha value is -1.82. The summed E-state index contributed by atoms with van der Waals surface area (Å²) in [5, 5.41) is 3.46. The highest BCUT2D eigenvalue weighted by atomic mass is 19.1. The van der Waals surface area contributed by atoms with Crippen LogP contribution in [0.2, 0.25) is 0 Å². The minimum atomic E-state index is -0.469. The van der Waals surface area contributed by atoms with Gasteiger partial charge in [0, 0.05) is 25.7 Å². The van der Waals surface area contributed by atoms with Crippen LogP contribution in [0.3, 0.4) is 0 Å². The summed E-state index contributed by atoms with van der Waals surface area (Å²) in [5.41, 5.74) is 0.504. The number of nitrogens with one attached hydrogen (secondary N) is 1. The number of ether oxygens (including phenoxy) is 2. The summed E-state index contributed by atoms with van der Waals surface area (Å²) in [4.78, 5) is 13.9. The number of methoxy groups -OCH3 is 1. The van der Waals surface area contributed by atoms with Gasteiger partial charge in [-0.3, -0.25) is 0 Å². The van der Waals surface area contributed by atoms with E-state index in [-0.39, 0.29) is 23.7 Å². The zero-order valence-electron chi connectivity index (χ0n) is 15.8. The smallest absolute Gasteiger partial charge is 0.410 e. The molecule has 1 aromatic rings. The van der Waals surface area contributed by atoms with Gasteiger partial charge in [-0.25, -0.2) is 9.18 Å². The molecule has 2 rings (SSSR count). The summed E-state index contributed by atoms with van der Waals surface area (Å²) in [6.45, 7) is 9.87. The minimum Gasteiger partial charge on any atom is -0.494 e. The van der Waals surface area contributed by atoms with Crippen molar-refractivity contribution in [3.8, 4) is 5.75 Å². The van der Waals surface area contributed by atoms with Gasteiger partial charge in [0.1, 0.15) is 5.60 Å². The van der Waals surface area contributed by atoms with E-state index in [1.165, 1.54) is 13.2 Å². The maximum atomic E-state index is 13.5.